The second-order valence-electron chi connectivity index (χ2n) is 6.64. The summed E-state index contributed by atoms with van der Waals surface area (Å²) in [4.78, 5) is 39.7. The molecule has 8 nitrogen and oxygen atoms in total. The van der Waals surface area contributed by atoms with Crippen LogP contribution in [-0.4, -0.2) is 46.6 Å². The fourth-order valence-electron chi connectivity index (χ4n) is 3.50. The van der Waals surface area contributed by atoms with E-state index in [1.54, 1.807) is 31.3 Å². The van der Waals surface area contributed by atoms with Gasteiger partial charge in [-0.15, -0.1) is 0 Å². The van der Waals surface area contributed by atoms with E-state index in [0.29, 0.717) is 22.5 Å². The maximum atomic E-state index is 13.2. The molecule has 2 aromatic rings. The number of anilines is 1. The Kier molecular flexibility index (Phi) is 4.03. The van der Waals surface area contributed by atoms with Crippen LogP contribution in [0.4, 0.5) is 10.5 Å². The maximum absolute atomic E-state index is 13.2. The van der Waals surface area contributed by atoms with Gasteiger partial charge >= 0.3 is 12.0 Å². The van der Waals surface area contributed by atoms with Crippen LogP contribution < -0.4 is 10.2 Å². The largest absolute Gasteiger partial charge is 0.508 e. The van der Waals surface area contributed by atoms with Crippen LogP contribution in [-0.2, 0) is 4.79 Å². The highest BCUT2D eigenvalue weighted by molar-refractivity contribution is 6.12. The number of benzene rings is 2. The number of nitrogens with one attached hydrogen (secondary N) is 1. The molecule has 3 amide bonds. The minimum absolute atomic E-state index is 0.0767. The van der Waals surface area contributed by atoms with E-state index < -0.39 is 12.0 Å². The van der Waals surface area contributed by atoms with Crippen LogP contribution in [0.1, 0.15) is 22.0 Å². The quantitative estimate of drug-likeness (QED) is 0.756. The van der Waals surface area contributed by atoms with Crippen molar-refractivity contribution in [3.63, 3.8) is 0 Å². The molecule has 4 rings (SSSR count). The summed E-state index contributed by atoms with van der Waals surface area (Å²) in [6, 6.07) is 11.4. The lowest BCUT2D eigenvalue weighted by Crippen LogP contribution is -2.45. The third-order valence-electron chi connectivity index (χ3n) is 4.99. The lowest BCUT2D eigenvalue weighted by Gasteiger charge is -2.31. The van der Waals surface area contributed by atoms with E-state index in [-0.39, 0.29) is 29.8 Å². The summed E-state index contributed by atoms with van der Waals surface area (Å²) in [5.41, 5.74) is 2.18. The zero-order valence-corrected chi connectivity index (χ0v) is 14.9. The van der Waals surface area contributed by atoms with E-state index in [4.69, 9.17) is 0 Å². The van der Waals surface area contributed by atoms with Crippen LogP contribution in [0.15, 0.2) is 59.8 Å². The molecule has 0 fully saturated rings. The molecule has 2 aromatic carbocycles. The molecule has 0 bridgehead atoms. The number of urea groups is 1. The van der Waals surface area contributed by atoms with Crippen molar-refractivity contribution >= 4 is 23.6 Å². The number of aromatic hydroxyl groups is 1. The number of aromatic carboxylic acids is 1. The van der Waals surface area contributed by atoms with Crippen molar-refractivity contribution in [2.24, 2.45) is 0 Å². The van der Waals surface area contributed by atoms with Crippen molar-refractivity contribution in [1.29, 1.82) is 0 Å². The Balaban J connectivity index is 1.75. The molecule has 28 heavy (non-hydrogen) atoms. The van der Waals surface area contributed by atoms with Crippen LogP contribution in [0.3, 0.4) is 0 Å². The monoisotopic (exact) mass is 379 g/mol. The molecule has 8 heteroatoms. The number of hydrogen-bond donors (Lipinski definition) is 3. The molecule has 0 aromatic heterocycles. The number of carboxylic acids is 1. The standard InChI is InChI=1S/C20H17N3O5/c1-22-15-10-23(13-4-2-3-12(9-13)19(26)27)18(25)16(15)17(21-20(22)28)11-5-7-14(24)8-6-11/h2-9,17,24H,10H2,1H3,(H,21,28)(H,26,27)/t17-/m0/s1. The van der Waals surface area contributed by atoms with Gasteiger partial charge in [-0.1, -0.05) is 18.2 Å². The number of carboxylic acid groups (broad SMARTS) is 1. The smallest absolute Gasteiger partial charge is 0.335 e. The van der Waals surface area contributed by atoms with Crippen LogP contribution in [0.2, 0.25) is 0 Å². The molecule has 0 radical (unpaired) electrons. The van der Waals surface area contributed by atoms with Crippen molar-refractivity contribution < 1.29 is 24.6 Å². The lowest BCUT2D eigenvalue weighted by molar-refractivity contribution is -0.114. The molecule has 0 spiro atoms. The average Bonchev–Trinajstić information content (AvgIpc) is 3.03. The predicted octanol–water partition coefficient (Wildman–Crippen LogP) is 2.09. The zero-order chi connectivity index (χ0) is 20.0. The fourth-order valence-corrected chi connectivity index (χ4v) is 3.50. The number of likely N-dealkylation sites (N-methyl/N-ethyl adjacent to an activating group) is 1. The van der Waals surface area contributed by atoms with Gasteiger partial charge in [-0.2, -0.15) is 0 Å². The van der Waals surface area contributed by atoms with Crippen LogP contribution in [0.25, 0.3) is 0 Å². The van der Waals surface area contributed by atoms with Gasteiger partial charge in [0, 0.05) is 12.7 Å². The Bertz CT molecular complexity index is 1030. The minimum atomic E-state index is -1.08. The first-order valence-electron chi connectivity index (χ1n) is 8.58. The van der Waals surface area contributed by atoms with Crippen molar-refractivity contribution in [2.75, 3.05) is 18.5 Å². The highest BCUT2D eigenvalue weighted by Crippen LogP contribution is 2.38. The molecule has 0 saturated heterocycles. The van der Waals surface area contributed by atoms with Crippen molar-refractivity contribution in [1.82, 2.24) is 10.2 Å². The van der Waals surface area contributed by atoms with Gasteiger partial charge in [0.15, 0.2) is 0 Å². The molecule has 0 unspecified atom stereocenters. The van der Waals surface area contributed by atoms with Gasteiger partial charge in [-0.25, -0.2) is 9.59 Å². The Morgan fingerprint density at radius 2 is 1.86 bits per heavy atom. The number of rotatable bonds is 3. The van der Waals surface area contributed by atoms with Gasteiger partial charge in [-0.3, -0.25) is 9.69 Å². The van der Waals surface area contributed by atoms with Crippen LogP contribution in [0.5, 0.6) is 5.75 Å². The van der Waals surface area contributed by atoms with Crippen molar-refractivity contribution in [3.8, 4) is 5.75 Å². The van der Waals surface area contributed by atoms with Gasteiger partial charge < -0.3 is 20.4 Å². The topological polar surface area (TPSA) is 110 Å². The number of phenols is 1. The molecule has 0 saturated carbocycles. The number of phenolic OH excluding ortho intramolecular Hbond substituents is 1. The molecule has 2 aliphatic rings. The first-order chi connectivity index (χ1) is 13.4. The third kappa shape index (κ3) is 2.75. The van der Waals surface area contributed by atoms with Gasteiger partial charge in [0.2, 0.25) is 0 Å². The number of amides is 3. The lowest BCUT2D eigenvalue weighted by atomic mass is 9.95. The Hall–Kier alpha value is -3.81. The third-order valence-corrected chi connectivity index (χ3v) is 4.99. The summed E-state index contributed by atoms with van der Waals surface area (Å²) in [5.74, 6) is -1.30. The predicted molar refractivity (Wildman–Crippen MR) is 99.9 cm³/mol. The van der Waals surface area contributed by atoms with Gasteiger partial charge in [-0.05, 0) is 35.9 Å². The van der Waals surface area contributed by atoms with Gasteiger partial charge in [0.1, 0.15) is 5.75 Å². The molecule has 3 N–H and O–H groups in total. The fraction of sp³-hybridized carbons (Fsp3) is 0.150. The van der Waals surface area contributed by atoms with E-state index in [0.717, 1.165) is 0 Å². The van der Waals surface area contributed by atoms with E-state index in [2.05, 4.69) is 5.32 Å². The maximum Gasteiger partial charge on any atom is 0.335 e. The zero-order valence-electron chi connectivity index (χ0n) is 14.9. The highest BCUT2D eigenvalue weighted by Gasteiger charge is 2.43. The number of carbonyl (C=O) groups is 3. The summed E-state index contributed by atoms with van der Waals surface area (Å²) < 4.78 is 0. The van der Waals surface area contributed by atoms with Crippen LogP contribution in [0, 0.1) is 0 Å². The van der Waals surface area contributed by atoms with Gasteiger partial charge in [0.05, 0.1) is 29.4 Å². The molecular weight excluding hydrogens is 362 g/mol. The Morgan fingerprint density at radius 3 is 2.54 bits per heavy atom. The molecule has 2 aliphatic heterocycles. The summed E-state index contributed by atoms with van der Waals surface area (Å²) in [7, 11) is 1.59. The van der Waals surface area contributed by atoms with E-state index in [9.17, 15) is 24.6 Å². The number of nitrogens with zero attached hydrogens (tertiary/aromatic N) is 2. The SMILES string of the molecule is CN1C(=O)N[C@@H](c2ccc(O)cc2)C2=C1CN(c1cccc(C(=O)O)c1)C2=O. The van der Waals surface area contributed by atoms with Crippen LogP contribution >= 0.6 is 0 Å². The first kappa shape index (κ1) is 17.6. The molecule has 1 atom stereocenters. The summed E-state index contributed by atoms with van der Waals surface area (Å²) in [6.45, 7) is 0.162. The van der Waals surface area contributed by atoms with Gasteiger partial charge in [0.25, 0.3) is 5.91 Å². The Morgan fingerprint density at radius 1 is 1.14 bits per heavy atom. The first-order valence-corrected chi connectivity index (χ1v) is 8.58. The minimum Gasteiger partial charge on any atom is -0.508 e. The van der Waals surface area contributed by atoms with Crippen molar-refractivity contribution in [2.45, 2.75) is 6.04 Å². The second-order valence-corrected chi connectivity index (χ2v) is 6.64. The average molecular weight is 379 g/mol. The molecule has 2 heterocycles. The van der Waals surface area contributed by atoms with E-state index >= 15 is 0 Å². The van der Waals surface area contributed by atoms with E-state index in [1.165, 1.54) is 34.1 Å². The summed E-state index contributed by atoms with van der Waals surface area (Å²) in [6.07, 6.45) is 0. The van der Waals surface area contributed by atoms with Crippen molar-refractivity contribution in [3.05, 3.63) is 70.9 Å². The number of carbonyl (C=O) groups excluding carboxylic acids is 2. The Labute approximate surface area is 160 Å². The molecule has 0 aliphatic carbocycles. The van der Waals surface area contributed by atoms with E-state index in [1.807, 2.05) is 0 Å². The second kappa shape index (κ2) is 6.41. The normalized spacial score (nSPS) is 19.0. The highest BCUT2D eigenvalue weighted by atomic mass is 16.4. The molecule has 142 valence electrons. The number of hydrogen-bond acceptors (Lipinski definition) is 4. The summed E-state index contributed by atoms with van der Waals surface area (Å²) >= 11 is 0. The summed E-state index contributed by atoms with van der Waals surface area (Å²) in [5, 5.41) is 21.5. The molecular formula is C20H17N3O5.